The Morgan fingerprint density at radius 2 is 1.86 bits per heavy atom. The van der Waals surface area contributed by atoms with Crippen LogP contribution in [0.4, 0.5) is 5.69 Å². The Kier molecular flexibility index (Phi) is 4.50. The van der Waals surface area contributed by atoms with Crippen LogP contribution in [0.25, 0.3) is 0 Å². The van der Waals surface area contributed by atoms with Crippen LogP contribution >= 0.6 is 0 Å². The number of hydrogen-bond donors (Lipinski definition) is 1. The van der Waals surface area contributed by atoms with E-state index in [-0.39, 0.29) is 16.1 Å². The van der Waals surface area contributed by atoms with Gasteiger partial charge in [-0.3, -0.25) is 0 Å². The Morgan fingerprint density at radius 1 is 1.24 bits per heavy atom. The first-order valence-corrected chi connectivity index (χ1v) is 7.97. The number of nitrogens with zero attached hydrogens (tertiary/aromatic N) is 2. The van der Waals surface area contributed by atoms with Gasteiger partial charge in [0.15, 0.2) is 0 Å². The largest absolute Gasteiger partial charge is 0.465 e. The van der Waals surface area contributed by atoms with E-state index in [1.807, 2.05) is 7.05 Å². The van der Waals surface area contributed by atoms with Gasteiger partial charge in [0.05, 0.1) is 18.4 Å². The zero-order valence-electron chi connectivity index (χ0n) is 12.1. The topological polar surface area (TPSA) is 92.9 Å². The van der Waals surface area contributed by atoms with Crippen molar-refractivity contribution >= 4 is 21.7 Å². The maximum Gasteiger partial charge on any atom is 0.337 e. The van der Waals surface area contributed by atoms with Crippen LogP contribution in [0, 0.1) is 0 Å². The third kappa shape index (κ3) is 3.17. The van der Waals surface area contributed by atoms with Crippen LogP contribution < -0.4 is 5.73 Å². The number of esters is 1. The molecule has 1 heterocycles. The summed E-state index contributed by atoms with van der Waals surface area (Å²) in [7, 11) is -0.431. The average molecular weight is 313 g/mol. The molecule has 0 amide bonds. The van der Waals surface area contributed by atoms with E-state index in [1.54, 1.807) is 0 Å². The molecule has 0 bridgehead atoms. The van der Waals surface area contributed by atoms with Gasteiger partial charge in [-0.05, 0) is 25.2 Å². The summed E-state index contributed by atoms with van der Waals surface area (Å²) in [6.45, 7) is 2.22. The van der Waals surface area contributed by atoms with Crippen LogP contribution in [-0.4, -0.2) is 63.9 Å². The average Bonchev–Trinajstić information content (AvgIpc) is 2.46. The first-order valence-electron chi connectivity index (χ1n) is 6.53. The number of sulfonamides is 1. The second-order valence-electron chi connectivity index (χ2n) is 4.95. The van der Waals surface area contributed by atoms with E-state index >= 15 is 0 Å². The summed E-state index contributed by atoms with van der Waals surface area (Å²) < 4.78 is 31.2. The van der Waals surface area contributed by atoms with Gasteiger partial charge in [-0.2, -0.15) is 4.31 Å². The number of likely N-dealkylation sites (N-methyl/N-ethyl adjacent to an activating group) is 1. The maximum atomic E-state index is 12.6. The van der Waals surface area contributed by atoms with Gasteiger partial charge in [-0.1, -0.05) is 0 Å². The van der Waals surface area contributed by atoms with E-state index in [1.165, 1.54) is 29.6 Å². The van der Waals surface area contributed by atoms with E-state index in [9.17, 15) is 13.2 Å². The summed E-state index contributed by atoms with van der Waals surface area (Å²) >= 11 is 0. The van der Waals surface area contributed by atoms with E-state index in [0.717, 1.165) is 0 Å². The number of ether oxygens (including phenoxy) is 1. The molecule has 8 heteroatoms. The molecule has 0 saturated carbocycles. The van der Waals surface area contributed by atoms with Crippen molar-refractivity contribution in [3.05, 3.63) is 23.8 Å². The molecule has 21 heavy (non-hydrogen) atoms. The molecule has 1 aromatic rings. The Bertz CT molecular complexity index is 637. The Labute approximate surface area is 124 Å². The highest BCUT2D eigenvalue weighted by molar-refractivity contribution is 7.89. The zero-order chi connectivity index (χ0) is 15.6. The smallest absolute Gasteiger partial charge is 0.337 e. The molecule has 1 saturated heterocycles. The molecule has 0 unspecified atom stereocenters. The van der Waals surface area contributed by atoms with Crippen molar-refractivity contribution < 1.29 is 17.9 Å². The van der Waals surface area contributed by atoms with Crippen molar-refractivity contribution in [3.63, 3.8) is 0 Å². The zero-order valence-corrected chi connectivity index (χ0v) is 12.9. The number of methoxy groups -OCH3 is 1. The predicted octanol–water partition coefficient (Wildman–Crippen LogP) is -0.00850. The highest BCUT2D eigenvalue weighted by Gasteiger charge is 2.29. The lowest BCUT2D eigenvalue weighted by Gasteiger charge is -2.31. The summed E-state index contributed by atoms with van der Waals surface area (Å²) in [5.74, 6) is -0.551. The lowest BCUT2D eigenvalue weighted by atomic mass is 10.2. The van der Waals surface area contributed by atoms with Crippen LogP contribution in [0.5, 0.6) is 0 Å². The van der Waals surface area contributed by atoms with Crippen LogP contribution in [0.15, 0.2) is 23.1 Å². The monoisotopic (exact) mass is 313 g/mol. The minimum Gasteiger partial charge on any atom is -0.465 e. The maximum absolute atomic E-state index is 12.6. The highest BCUT2D eigenvalue weighted by Crippen LogP contribution is 2.24. The fourth-order valence-corrected chi connectivity index (χ4v) is 3.71. The van der Waals surface area contributed by atoms with Crippen molar-refractivity contribution in [2.45, 2.75) is 4.90 Å². The molecular weight excluding hydrogens is 294 g/mol. The van der Waals surface area contributed by atoms with Gasteiger partial charge in [0.1, 0.15) is 4.90 Å². The van der Waals surface area contributed by atoms with Crippen molar-refractivity contribution in [2.75, 3.05) is 46.1 Å². The SMILES string of the molecule is COC(=O)c1ccc(S(=O)(=O)N2CCN(C)CC2)c(N)c1. The lowest BCUT2D eigenvalue weighted by molar-refractivity contribution is 0.0600. The summed E-state index contributed by atoms with van der Waals surface area (Å²) in [6, 6.07) is 4.09. The molecule has 116 valence electrons. The van der Waals surface area contributed by atoms with Crippen molar-refractivity contribution in [1.29, 1.82) is 0 Å². The standard InChI is InChI=1S/C13H19N3O4S/c1-15-5-7-16(8-6-15)21(18,19)12-4-3-10(9-11(12)14)13(17)20-2/h3-4,9H,5-8,14H2,1-2H3. The number of hydrogen-bond acceptors (Lipinski definition) is 6. The quantitative estimate of drug-likeness (QED) is 0.623. The molecule has 1 aliphatic rings. The number of benzene rings is 1. The molecule has 2 rings (SSSR count). The van der Waals surface area contributed by atoms with Gasteiger partial charge in [0.2, 0.25) is 10.0 Å². The van der Waals surface area contributed by atoms with Gasteiger partial charge >= 0.3 is 5.97 Å². The highest BCUT2D eigenvalue weighted by atomic mass is 32.2. The molecule has 1 fully saturated rings. The number of rotatable bonds is 3. The summed E-state index contributed by atoms with van der Waals surface area (Å²) in [6.07, 6.45) is 0. The number of nitrogens with two attached hydrogens (primary N) is 1. The first kappa shape index (κ1) is 15.7. The van der Waals surface area contributed by atoms with Crippen LogP contribution in [0.3, 0.4) is 0 Å². The van der Waals surface area contributed by atoms with E-state index in [4.69, 9.17) is 5.73 Å². The van der Waals surface area contributed by atoms with Gasteiger partial charge in [0, 0.05) is 26.2 Å². The Balaban J connectivity index is 2.30. The molecule has 2 N–H and O–H groups in total. The third-order valence-electron chi connectivity index (χ3n) is 3.51. The number of nitrogen functional groups attached to an aromatic ring is 1. The summed E-state index contributed by atoms with van der Waals surface area (Å²) in [5.41, 5.74) is 6.09. The fraction of sp³-hybridized carbons (Fsp3) is 0.462. The normalized spacial score (nSPS) is 17.6. The minimum absolute atomic E-state index is 0.0275. The van der Waals surface area contributed by atoms with E-state index in [0.29, 0.717) is 26.2 Å². The molecule has 0 radical (unpaired) electrons. The van der Waals surface area contributed by atoms with Crippen molar-refractivity contribution in [2.24, 2.45) is 0 Å². The van der Waals surface area contributed by atoms with Crippen LogP contribution in [0.1, 0.15) is 10.4 Å². The number of carbonyl (C=O) groups is 1. The van der Waals surface area contributed by atoms with Gasteiger partial charge in [-0.15, -0.1) is 0 Å². The molecule has 0 aromatic heterocycles. The summed E-state index contributed by atoms with van der Waals surface area (Å²) in [4.78, 5) is 13.5. The molecule has 1 aliphatic heterocycles. The minimum atomic E-state index is -3.64. The second kappa shape index (κ2) is 6.00. The molecule has 0 aliphatic carbocycles. The van der Waals surface area contributed by atoms with Crippen LogP contribution in [0.2, 0.25) is 0 Å². The molecule has 0 spiro atoms. The van der Waals surface area contributed by atoms with Crippen LogP contribution in [-0.2, 0) is 14.8 Å². The van der Waals surface area contributed by atoms with E-state index in [2.05, 4.69) is 9.64 Å². The Hall–Kier alpha value is -1.64. The molecule has 7 nitrogen and oxygen atoms in total. The predicted molar refractivity (Wildman–Crippen MR) is 78.4 cm³/mol. The third-order valence-corrected chi connectivity index (χ3v) is 5.48. The number of piperazine rings is 1. The molecule has 0 atom stereocenters. The summed E-state index contributed by atoms with van der Waals surface area (Å²) in [5, 5.41) is 0. The van der Waals surface area contributed by atoms with Gasteiger partial charge in [0.25, 0.3) is 0 Å². The van der Waals surface area contributed by atoms with Gasteiger partial charge in [-0.25, -0.2) is 13.2 Å². The second-order valence-corrected chi connectivity index (χ2v) is 6.86. The Morgan fingerprint density at radius 3 is 2.38 bits per heavy atom. The lowest BCUT2D eigenvalue weighted by Crippen LogP contribution is -2.47. The van der Waals surface area contributed by atoms with Crippen molar-refractivity contribution in [3.8, 4) is 0 Å². The first-order chi connectivity index (χ1) is 9.86. The number of carbonyl (C=O) groups excluding carboxylic acids is 1. The van der Waals surface area contributed by atoms with Gasteiger partial charge < -0.3 is 15.4 Å². The number of anilines is 1. The van der Waals surface area contributed by atoms with E-state index < -0.39 is 16.0 Å². The van der Waals surface area contributed by atoms with Crippen molar-refractivity contribution in [1.82, 2.24) is 9.21 Å². The molecular formula is C13H19N3O4S. The molecule has 1 aromatic carbocycles. The fourth-order valence-electron chi connectivity index (χ4n) is 2.20.